The van der Waals surface area contributed by atoms with Crippen LogP contribution in [0.1, 0.15) is 23.3 Å². The van der Waals surface area contributed by atoms with Gasteiger partial charge in [-0.2, -0.15) is 0 Å². The van der Waals surface area contributed by atoms with E-state index in [9.17, 15) is 4.79 Å². The molecule has 1 fully saturated rings. The quantitative estimate of drug-likeness (QED) is 0.635. The van der Waals surface area contributed by atoms with Crippen molar-refractivity contribution in [1.82, 2.24) is 9.97 Å². The van der Waals surface area contributed by atoms with Gasteiger partial charge in [0.2, 0.25) is 0 Å². The van der Waals surface area contributed by atoms with Crippen LogP contribution in [-0.2, 0) is 0 Å². The zero-order valence-corrected chi connectivity index (χ0v) is 16.3. The van der Waals surface area contributed by atoms with Crippen molar-refractivity contribution >= 4 is 17.4 Å². The smallest absolute Gasteiger partial charge is 0.274 e. The topological polar surface area (TPSA) is 85.4 Å². The molecule has 3 aromatic rings. The number of methoxy groups -OCH3 is 2. The van der Waals surface area contributed by atoms with E-state index in [1.165, 1.54) is 0 Å². The molecule has 0 atom stereocenters. The van der Waals surface area contributed by atoms with Gasteiger partial charge in [-0.15, -0.1) is 0 Å². The molecule has 0 aliphatic heterocycles. The fourth-order valence-corrected chi connectivity index (χ4v) is 2.88. The Kier molecular flexibility index (Phi) is 5.29. The molecular weight excluding hydrogens is 368 g/mol. The minimum atomic E-state index is -0.341. The first-order valence-corrected chi connectivity index (χ1v) is 9.40. The standard InChI is InChI=1S/C22H22N4O3/c1-28-16-10-11-17(19(12-16)29-2)25-22(27)18-13-20(23-15-8-9-15)26-21(24-18)14-6-4-3-5-7-14/h3-7,10-13,15H,8-9H2,1-2H3,(H,25,27)(H,23,24,26). The number of anilines is 2. The lowest BCUT2D eigenvalue weighted by Crippen LogP contribution is -2.16. The summed E-state index contributed by atoms with van der Waals surface area (Å²) in [4.78, 5) is 22.0. The molecule has 7 nitrogen and oxygen atoms in total. The van der Waals surface area contributed by atoms with Gasteiger partial charge in [-0.3, -0.25) is 4.79 Å². The van der Waals surface area contributed by atoms with Gasteiger partial charge < -0.3 is 20.1 Å². The molecule has 1 aliphatic rings. The summed E-state index contributed by atoms with van der Waals surface area (Å²) in [6.07, 6.45) is 2.21. The van der Waals surface area contributed by atoms with Crippen LogP contribution in [0.5, 0.6) is 11.5 Å². The average Bonchev–Trinajstić information content (AvgIpc) is 3.58. The zero-order chi connectivity index (χ0) is 20.2. The normalized spacial score (nSPS) is 12.9. The Balaban J connectivity index is 1.65. The summed E-state index contributed by atoms with van der Waals surface area (Å²) >= 11 is 0. The van der Waals surface area contributed by atoms with Gasteiger partial charge >= 0.3 is 0 Å². The summed E-state index contributed by atoms with van der Waals surface area (Å²) in [5.74, 6) is 1.96. The number of nitrogens with zero attached hydrogens (tertiary/aromatic N) is 2. The van der Waals surface area contributed by atoms with Crippen molar-refractivity contribution < 1.29 is 14.3 Å². The third-order valence-electron chi connectivity index (χ3n) is 4.58. The van der Waals surface area contributed by atoms with Gasteiger partial charge in [0.15, 0.2) is 5.82 Å². The van der Waals surface area contributed by atoms with Crippen LogP contribution in [0, 0.1) is 0 Å². The second kappa shape index (κ2) is 8.18. The number of carbonyl (C=O) groups excluding carboxylic acids is 1. The third-order valence-corrected chi connectivity index (χ3v) is 4.58. The van der Waals surface area contributed by atoms with E-state index in [1.54, 1.807) is 38.5 Å². The lowest BCUT2D eigenvalue weighted by molar-refractivity contribution is 0.102. The number of rotatable bonds is 7. The fraction of sp³-hybridized carbons (Fsp3) is 0.227. The summed E-state index contributed by atoms with van der Waals surface area (Å²) in [5.41, 5.74) is 1.66. The molecule has 1 heterocycles. The monoisotopic (exact) mass is 390 g/mol. The van der Waals surface area contributed by atoms with Crippen LogP contribution in [0.2, 0.25) is 0 Å². The highest BCUT2D eigenvalue weighted by Gasteiger charge is 2.23. The van der Waals surface area contributed by atoms with E-state index in [1.807, 2.05) is 30.3 Å². The predicted octanol–water partition coefficient (Wildman–Crippen LogP) is 3.99. The Bertz CT molecular complexity index is 1020. The molecule has 0 unspecified atom stereocenters. The van der Waals surface area contributed by atoms with Gasteiger partial charge in [-0.25, -0.2) is 9.97 Å². The van der Waals surface area contributed by atoms with Crippen LogP contribution in [-0.4, -0.2) is 36.1 Å². The molecule has 1 aliphatic carbocycles. The summed E-state index contributed by atoms with van der Waals surface area (Å²) in [6, 6.07) is 16.9. The number of hydrogen-bond donors (Lipinski definition) is 2. The summed E-state index contributed by atoms with van der Waals surface area (Å²) in [5, 5.41) is 6.22. The van der Waals surface area contributed by atoms with Crippen LogP contribution in [0.15, 0.2) is 54.6 Å². The number of amides is 1. The Morgan fingerprint density at radius 2 is 1.79 bits per heavy atom. The maximum absolute atomic E-state index is 13.0. The summed E-state index contributed by atoms with van der Waals surface area (Å²) in [6.45, 7) is 0. The molecule has 2 aromatic carbocycles. The van der Waals surface area contributed by atoms with Gasteiger partial charge in [-0.05, 0) is 25.0 Å². The maximum Gasteiger partial charge on any atom is 0.274 e. The SMILES string of the molecule is COc1ccc(NC(=O)c2cc(NC3CC3)nc(-c3ccccc3)n2)c(OC)c1. The highest BCUT2D eigenvalue weighted by Crippen LogP contribution is 2.30. The zero-order valence-electron chi connectivity index (χ0n) is 16.3. The van der Waals surface area contributed by atoms with Gasteiger partial charge in [0.1, 0.15) is 23.0 Å². The van der Waals surface area contributed by atoms with Crippen LogP contribution in [0.25, 0.3) is 11.4 Å². The number of hydrogen-bond acceptors (Lipinski definition) is 6. The van der Waals surface area contributed by atoms with Gasteiger partial charge in [0.25, 0.3) is 5.91 Å². The Labute approximate surface area is 169 Å². The summed E-state index contributed by atoms with van der Waals surface area (Å²) in [7, 11) is 3.12. The number of aromatic nitrogens is 2. The van der Waals surface area contributed by atoms with Crippen molar-refractivity contribution in [3.8, 4) is 22.9 Å². The lowest BCUT2D eigenvalue weighted by Gasteiger charge is -2.13. The highest BCUT2D eigenvalue weighted by atomic mass is 16.5. The van der Waals surface area contributed by atoms with Crippen molar-refractivity contribution in [3.05, 3.63) is 60.3 Å². The average molecular weight is 390 g/mol. The van der Waals surface area contributed by atoms with Crippen LogP contribution in [0.3, 0.4) is 0 Å². The maximum atomic E-state index is 13.0. The minimum Gasteiger partial charge on any atom is -0.497 e. The van der Waals surface area contributed by atoms with Crippen molar-refractivity contribution in [2.24, 2.45) is 0 Å². The van der Waals surface area contributed by atoms with E-state index in [0.717, 1.165) is 18.4 Å². The van der Waals surface area contributed by atoms with E-state index >= 15 is 0 Å². The van der Waals surface area contributed by atoms with Crippen LogP contribution < -0.4 is 20.1 Å². The molecule has 0 saturated heterocycles. The van der Waals surface area contributed by atoms with Crippen molar-refractivity contribution in [2.45, 2.75) is 18.9 Å². The van der Waals surface area contributed by atoms with Crippen molar-refractivity contribution in [2.75, 3.05) is 24.9 Å². The molecule has 0 bridgehead atoms. The molecule has 1 amide bonds. The largest absolute Gasteiger partial charge is 0.497 e. The van der Waals surface area contributed by atoms with E-state index in [2.05, 4.69) is 20.6 Å². The van der Waals surface area contributed by atoms with Crippen molar-refractivity contribution in [1.29, 1.82) is 0 Å². The number of carbonyl (C=O) groups is 1. The fourth-order valence-electron chi connectivity index (χ4n) is 2.88. The number of nitrogens with one attached hydrogen (secondary N) is 2. The molecule has 148 valence electrons. The lowest BCUT2D eigenvalue weighted by atomic mass is 10.2. The molecule has 29 heavy (non-hydrogen) atoms. The second-order valence-corrected chi connectivity index (χ2v) is 6.77. The van der Waals surface area contributed by atoms with E-state index < -0.39 is 0 Å². The Hall–Kier alpha value is -3.61. The molecule has 1 aromatic heterocycles. The first-order valence-electron chi connectivity index (χ1n) is 9.40. The third kappa shape index (κ3) is 4.45. The van der Waals surface area contributed by atoms with Crippen molar-refractivity contribution in [3.63, 3.8) is 0 Å². The highest BCUT2D eigenvalue weighted by molar-refractivity contribution is 6.04. The number of ether oxygens (including phenoxy) is 2. The van der Waals surface area contributed by atoms with Gasteiger partial charge in [0.05, 0.1) is 19.9 Å². The molecule has 0 radical (unpaired) electrons. The predicted molar refractivity (Wildman–Crippen MR) is 112 cm³/mol. The van der Waals surface area contributed by atoms with Gasteiger partial charge in [0, 0.05) is 23.7 Å². The Morgan fingerprint density at radius 1 is 1.00 bits per heavy atom. The molecule has 2 N–H and O–H groups in total. The van der Waals surface area contributed by atoms with Gasteiger partial charge in [-0.1, -0.05) is 30.3 Å². The van der Waals surface area contributed by atoms with E-state index in [4.69, 9.17) is 9.47 Å². The minimum absolute atomic E-state index is 0.278. The molecule has 4 rings (SSSR count). The number of benzene rings is 2. The van der Waals surface area contributed by atoms with Crippen LogP contribution >= 0.6 is 0 Å². The Morgan fingerprint density at radius 3 is 2.48 bits per heavy atom. The molecular formula is C22H22N4O3. The van der Waals surface area contributed by atoms with E-state index in [0.29, 0.717) is 34.9 Å². The first kappa shape index (κ1) is 18.7. The van der Waals surface area contributed by atoms with Crippen LogP contribution in [0.4, 0.5) is 11.5 Å². The van der Waals surface area contributed by atoms with E-state index in [-0.39, 0.29) is 11.6 Å². The first-order chi connectivity index (χ1) is 14.2. The molecule has 1 saturated carbocycles. The molecule has 0 spiro atoms. The second-order valence-electron chi connectivity index (χ2n) is 6.77. The molecule has 7 heteroatoms. The summed E-state index contributed by atoms with van der Waals surface area (Å²) < 4.78 is 10.6.